The van der Waals surface area contributed by atoms with Crippen LogP contribution in [0.25, 0.3) is 10.8 Å². The maximum Gasteiger partial charge on any atom is 0.0763 e. The summed E-state index contributed by atoms with van der Waals surface area (Å²) in [5, 5.41) is 12.4. The SMILES string of the molecule is CC(C)=CC(O)Cc1cccc2ccccc12. The zero-order valence-corrected chi connectivity index (χ0v) is 10.4. The van der Waals surface area contributed by atoms with E-state index < -0.39 is 6.10 Å². The molecule has 0 saturated heterocycles. The van der Waals surface area contributed by atoms with Crippen LogP contribution in [0, 0.1) is 0 Å². The number of rotatable bonds is 3. The molecule has 2 aromatic rings. The highest BCUT2D eigenvalue weighted by Gasteiger charge is 2.05. The average molecular weight is 226 g/mol. The molecule has 0 radical (unpaired) electrons. The Labute approximate surface area is 102 Å². The van der Waals surface area contributed by atoms with Gasteiger partial charge in [-0.3, -0.25) is 0 Å². The van der Waals surface area contributed by atoms with Crippen molar-refractivity contribution in [3.63, 3.8) is 0 Å². The minimum atomic E-state index is -0.397. The van der Waals surface area contributed by atoms with E-state index >= 15 is 0 Å². The third kappa shape index (κ3) is 2.95. The minimum absolute atomic E-state index is 0.397. The Morgan fingerprint density at radius 1 is 1.12 bits per heavy atom. The molecule has 0 fully saturated rings. The monoisotopic (exact) mass is 226 g/mol. The van der Waals surface area contributed by atoms with E-state index in [0.29, 0.717) is 6.42 Å². The molecule has 1 atom stereocenters. The van der Waals surface area contributed by atoms with E-state index in [2.05, 4.69) is 24.3 Å². The Morgan fingerprint density at radius 3 is 2.59 bits per heavy atom. The highest BCUT2D eigenvalue weighted by molar-refractivity contribution is 5.85. The Hall–Kier alpha value is -1.60. The number of aliphatic hydroxyl groups is 1. The number of allylic oxidation sites excluding steroid dienone is 1. The lowest BCUT2D eigenvalue weighted by Gasteiger charge is -2.09. The summed E-state index contributed by atoms with van der Waals surface area (Å²) in [6, 6.07) is 14.5. The molecule has 17 heavy (non-hydrogen) atoms. The molecule has 1 nitrogen and oxygen atoms in total. The van der Waals surface area contributed by atoms with Crippen molar-refractivity contribution in [2.24, 2.45) is 0 Å². The van der Waals surface area contributed by atoms with Crippen molar-refractivity contribution in [2.45, 2.75) is 26.4 Å². The first-order valence-electron chi connectivity index (χ1n) is 5.96. The molecule has 0 amide bonds. The largest absolute Gasteiger partial charge is 0.389 e. The molecule has 88 valence electrons. The second kappa shape index (κ2) is 5.15. The molecule has 0 aliphatic heterocycles. The van der Waals surface area contributed by atoms with Crippen LogP contribution >= 0.6 is 0 Å². The summed E-state index contributed by atoms with van der Waals surface area (Å²) in [6.07, 6.45) is 2.18. The van der Waals surface area contributed by atoms with Gasteiger partial charge in [-0.25, -0.2) is 0 Å². The Balaban J connectivity index is 2.33. The van der Waals surface area contributed by atoms with Crippen LogP contribution in [0.2, 0.25) is 0 Å². The smallest absolute Gasteiger partial charge is 0.0763 e. The molecule has 0 spiro atoms. The summed E-state index contributed by atoms with van der Waals surface area (Å²) < 4.78 is 0. The molecular formula is C16H18O. The van der Waals surface area contributed by atoms with Crippen LogP contribution in [0.5, 0.6) is 0 Å². The van der Waals surface area contributed by atoms with Crippen molar-refractivity contribution in [1.29, 1.82) is 0 Å². The number of fused-ring (bicyclic) bond motifs is 1. The summed E-state index contributed by atoms with van der Waals surface area (Å²) in [7, 11) is 0. The van der Waals surface area contributed by atoms with E-state index in [1.165, 1.54) is 16.3 Å². The van der Waals surface area contributed by atoms with E-state index in [1.807, 2.05) is 38.1 Å². The van der Waals surface area contributed by atoms with Crippen LogP contribution < -0.4 is 0 Å². The molecule has 2 rings (SSSR count). The third-order valence-electron chi connectivity index (χ3n) is 2.83. The van der Waals surface area contributed by atoms with Crippen LogP contribution in [0.15, 0.2) is 54.1 Å². The van der Waals surface area contributed by atoms with Gasteiger partial charge in [0.2, 0.25) is 0 Å². The van der Waals surface area contributed by atoms with Crippen molar-refractivity contribution in [2.75, 3.05) is 0 Å². The van der Waals surface area contributed by atoms with E-state index in [4.69, 9.17) is 0 Å². The van der Waals surface area contributed by atoms with Crippen LogP contribution in [0.3, 0.4) is 0 Å². The summed E-state index contributed by atoms with van der Waals surface area (Å²) in [4.78, 5) is 0. The van der Waals surface area contributed by atoms with Gasteiger partial charge >= 0.3 is 0 Å². The Morgan fingerprint density at radius 2 is 1.82 bits per heavy atom. The minimum Gasteiger partial charge on any atom is -0.389 e. The first kappa shape index (κ1) is 11.9. The predicted octanol–water partition coefficient (Wildman–Crippen LogP) is 3.71. The van der Waals surface area contributed by atoms with Gasteiger partial charge in [0.05, 0.1) is 6.10 Å². The molecule has 1 heteroatoms. The van der Waals surface area contributed by atoms with Crippen molar-refractivity contribution < 1.29 is 5.11 Å². The van der Waals surface area contributed by atoms with Gasteiger partial charge in [-0.05, 0) is 30.2 Å². The van der Waals surface area contributed by atoms with Gasteiger partial charge in [0, 0.05) is 6.42 Å². The van der Waals surface area contributed by atoms with Crippen molar-refractivity contribution >= 4 is 10.8 Å². The van der Waals surface area contributed by atoms with Gasteiger partial charge in [-0.1, -0.05) is 54.1 Å². The summed E-state index contributed by atoms with van der Waals surface area (Å²) in [6.45, 7) is 4.01. The van der Waals surface area contributed by atoms with Crippen molar-refractivity contribution in [3.05, 3.63) is 59.7 Å². The predicted molar refractivity (Wildman–Crippen MR) is 73.1 cm³/mol. The Kier molecular flexibility index (Phi) is 3.60. The lowest BCUT2D eigenvalue weighted by molar-refractivity contribution is 0.223. The lowest BCUT2D eigenvalue weighted by atomic mass is 9.99. The Bertz CT molecular complexity index is 531. The molecule has 0 saturated carbocycles. The second-order valence-corrected chi connectivity index (χ2v) is 4.65. The molecule has 2 aromatic carbocycles. The van der Waals surface area contributed by atoms with E-state index in [-0.39, 0.29) is 0 Å². The second-order valence-electron chi connectivity index (χ2n) is 4.65. The first-order valence-corrected chi connectivity index (χ1v) is 5.96. The molecule has 0 aromatic heterocycles. The zero-order chi connectivity index (χ0) is 12.3. The van der Waals surface area contributed by atoms with Crippen LogP contribution in [-0.2, 0) is 6.42 Å². The molecule has 0 bridgehead atoms. The number of aliphatic hydroxyl groups excluding tert-OH is 1. The maximum atomic E-state index is 9.96. The number of hydrogen-bond donors (Lipinski definition) is 1. The maximum absolute atomic E-state index is 9.96. The fourth-order valence-electron chi connectivity index (χ4n) is 2.14. The van der Waals surface area contributed by atoms with Crippen molar-refractivity contribution in [1.82, 2.24) is 0 Å². The average Bonchev–Trinajstić information content (AvgIpc) is 2.28. The van der Waals surface area contributed by atoms with Gasteiger partial charge in [-0.2, -0.15) is 0 Å². The molecular weight excluding hydrogens is 208 g/mol. The molecule has 0 aliphatic carbocycles. The lowest BCUT2D eigenvalue weighted by Crippen LogP contribution is -2.07. The molecule has 0 aliphatic rings. The topological polar surface area (TPSA) is 20.2 Å². The van der Waals surface area contributed by atoms with E-state index in [1.54, 1.807) is 0 Å². The van der Waals surface area contributed by atoms with Crippen molar-refractivity contribution in [3.8, 4) is 0 Å². The van der Waals surface area contributed by atoms with Gasteiger partial charge in [-0.15, -0.1) is 0 Å². The number of hydrogen-bond acceptors (Lipinski definition) is 1. The molecule has 1 unspecified atom stereocenters. The summed E-state index contributed by atoms with van der Waals surface area (Å²) in [5.74, 6) is 0. The number of benzene rings is 2. The summed E-state index contributed by atoms with van der Waals surface area (Å²) in [5.41, 5.74) is 2.35. The first-order chi connectivity index (χ1) is 8.16. The van der Waals surface area contributed by atoms with Crippen LogP contribution in [0.4, 0.5) is 0 Å². The van der Waals surface area contributed by atoms with Gasteiger partial charge in [0.1, 0.15) is 0 Å². The standard InChI is InChI=1S/C16H18O/c1-12(2)10-15(17)11-14-8-5-7-13-6-3-4-9-16(13)14/h3-10,15,17H,11H2,1-2H3. The highest BCUT2D eigenvalue weighted by atomic mass is 16.3. The van der Waals surface area contributed by atoms with E-state index in [9.17, 15) is 5.11 Å². The van der Waals surface area contributed by atoms with Crippen LogP contribution in [-0.4, -0.2) is 11.2 Å². The van der Waals surface area contributed by atoms with Crippen LogP contribution in [0.1, 0.15) is 19.4 Å². The highest BCUT2D eigenvalue weighted by Crippen LogP contribution is 2.20. The van der Waals surface area contributed by atoms with Gasteiger partial charge < -0.3 is 5.11 Å². The third-order valence-corrected chi connectivity index (χ3v) is 2.83. The van der Waals surface area contributed by atoms with E-state index in [0.717, 1.165) is 5.57 Å². The molecule has 0 heterocycles. The van der Waals surface area contributed by atoms with Gasteiger partial charge in [0.15, 0.2) is 0 Å². The quantitative estimate of drug-likeness (QED) is 0.791. The molecule has 1 N–H and O–H groups in total. The van der Waals surface area contributed by atoms with Gasteiger partial charge in [0.25, 0.3) is 0 Å². The normalized spacial score (nSPS) is 12.4. The summed E-state index contributed by atoms with van der Waals surface area (Å²) >= 11 is 0. The fourth-order valence-corrected chi connectivity index (χ4v) is 2.14. The fraction of sp³-hybridized carbons (Fsp3) is 0.250. The zero-order valence-electron chi connectivity index (χ0n) is 10.4.